The summed E-state index contributed by atoms with van der Waals surface area (Å²) < 4.78 is 0. The number of H-pyrrole nitrogens is 2. The summed E-state index contributed by atoms with van der Waals surface area (Å²) in [5.74, 6) is 0. The number of anilines is 1. The third kappa shape index (κ3) is 3.01. The molecule has 1 fully saturated rings. The number of rotatable bonds is 2. The molecule has 1 aromatic carbocycles. The standard InChI is InChI=1S/C16H21N3O2/c1-16(2)7-5-10(6-8-16)17-11-3-4-12-13(9-11)19-15(21)14(20)18-12/h3-4,9-10,17H,5-8H2,1-2H3,(H,18,20)(H,19,21). The normalized spacial score (nSPS) is 18.8. The summed E-state index contributed by atoms with van der Waals surface area (Å²) in [7, 11) is 0. The van der Waals surface area contributed by atoms with Gasteiger partial charge in [-0.05, 0) is 49.3 Å². The predicted octanol–water partition coefficient (Wildman–Crippen LogP) is 2.60. The number of hydrogen-bond acceptors (Lipinski definition) is 3. The quantitative estimate of drug-likeness (QED) is 0.743. The lowest BCUT2D eigenvalue weighted by Gasteiger charge is -2.35. The lowest BCUT2D eigenvalue weighted by Crippen LogP contribution is -2.30. The van der Waals surface area contributed by atoms with Crippen LogP contribution >= 0.6 is 0 Å². The van der Waals surface area contributed by atoms with Crippen molar-refractivity contribution in [2.45, 2.75) is 45.6 Å². The van der Waals surface area contributed by atoms with E-state index in [0.29, 0.717) is 22.5 Å². The Morgan fingerprint density at radius 1 is 1.05 bits per heavy atom. The average Bonchev–Trinajstić information content (AvgIpc) is 2.43. The van der Waals surface area contributed by atoms with Crippen LogP contribution in [0.3, 0.4) is 0 Å². The Balaban J connectivity index is 1.80. The third-order valence-electron chi connectivity index (χ3n) is 4.43. The van der Waals surface area contributed by atoms with Gasteiger partial charge in [0.1, 0.15) is 0 Å². The molecule has 2 aromatic rings. The van der Waals surface area contributed by atoms with Crippen LogP contribution in [0.5, 0.6) is 0 Å². The van der Waals surface area contributed by atoms with E-state index < -0.39 is 11.1 Å². The van der Waals surface area contributed by atoms with Crippen molar-refractivity contribution in [2.24, 2.45) is 5.41 Å². The second kappa shape index (κ2) is 5.06. The highest BCUT2D eigenvalue weighted by molar-refractivity contribution is 5.78. The van der Waals surface area contributed by atoms with Crippen molar-refractivity contribution in [3.8, 4) is 0 Å². The fraction of sp³-hybridized carbons (Fsp3) is 0.500. The minimum atomic E-state index is -0.613. The zero-order chi connectivity index (χ0) is 15.0. The molecule has 1 aliphatic carbocycles. The number of hydrogen-bond donors (Lipinski definition) is 3. The van der Waals surface area contributed by atoms with E-state index in [-0.39, 0.29) is 0 Å². The lowest BCUT2D eigenvalue weighted by atomic mass is 9.75. The van der Waals surface area contributed by atoms with Crippen LogP contribution in [0.25, 0.3) is 11.0 Å². The van der Waals surface area contributed by atoms with Crippen LogP contribution in [0.15, 0.2) is 27.8 Å². The van der Waals surface area contributed by atoms with Gasteiger partial charge in [-0.15, -0.1) is 0 Å². The average molecular weight is 287 g/mol. The van der Waals surface area contributed by atoms with E-state index in [1.807, 2.05) is 18.2 Å². The highest BCUT2D eigenvalue weighted by atomic mass is 16.2. The van der Waals surface area contributed by atoms with Crippen molar-refractivity contribution in [1.82, 2.24) is 9.97 Å². The fourth-order valence-electron chi connectivity index (χ4n) is 2.98. The van der Waals surface area contributed by atoms with Crippen LogP contribution < -0.4 is 16.4 Å². The van der Waals surface area contributed by atoms with Gasteiger partial charge < -0.3 is 15.3 Å². The van der Waals surface area contributed by atoms with E-state index in [4.69, 9.17) is 0 Å². The number of nitrogens with one attached hydrogen (secondary N) is 3. The third-order valence-corrected chi connectivity index (χ3v) is 4.43. The molecule has 0 atom stereocenters. The van der Waals surface area contributed by atoms with Crippen LogP contribution in [0, 0.1) is 5.41 Å². The molecule has 1 aromatic heterocycles. The van der Waals surface area contributed by atoms with Gasteiger partial charge in [0.25, 0.3) is 0 Å². The van der Waals surface area contributed by atoms with Gasteiger partial charge in [-0.3, -0.25) is 9.59 Å². The first-order chi connectivity index (χ1) is 9.93. The van der Waals surface area contributed by atoms with Gasteiger partial charge in [-0.25, -0.2) is 0 Å². The molecule has 0 spiro atoms. The molecule has 1 aliphatic rings. The van der Waals surface area contributed by atoms with Gasteiger partial charge in [-0.2, -0.15) is 0 Å². The molecule has 5 heteroatoms. The molecule has 1 heterocycles. The SMILES string of the molecule is CC1(C)CCC(Nc2ccc3[nH]c(=O)c(=O)[nH]c3c2)CC1. The van der Waals surface area contributed by atoms with E-state index in [9.17, 15) is 9.59 Å². The van der Waals surface area contributed by atoms with Gasteiger partial charge in [0.15, 0.2) is 0 Å². The molecular weight excluding hydrogens is 266 g/mol. The van der Waals surface area contributed by atoms with Gasteiger partial charge in [0, 0.05) is 11.7 Å². The fourth-order valence-corrected chi connectivity index (χ4v) is 2.98. The highest BCUT2D eigenvalue weighted by Gasteiger charge is 2.26. The molecule has 5 nitrogen and oxygen atoms in total. The van der Waals surface area contributed by atoms with Crippen molar-refractivity contribution >= 4 is 16.7 Å². The van der Waals surface area contributed by atoms with Crippen molar-refractivity contribution in [1.29, 1.82) is 0 Å². The highest BCUT2D eigenvalue weighted by Crippen LogP contribution is 2.36. The molecule has 1 saturated carbocycles. The van der Waals surface area contributed by atoms with Crippen molar-refractivity contribution in [3.63, 3.8) is 0 Å². The van der Waals surface area contributed by atoms with Crippen LogP contribution in [-0.4, -0.2) is 16.0 Å². The van der Waals surface area contributed by atoms with Crippen LogP contribution in [0.1, 0.15) is 39.5 Å². The first-order valence-electron chi connectivity index (χ1n) is 7.46. The van der Waals surface area contributed by atoms with Crippen molar-refractivity contribution in [3.05, 3.63) is 38.9 Å². The zero-order valence-electron chi connectivity index (χ0n) is 12.5. The molecule has 21 heavy (non-hydrogen) atoms. The summed E-state index contributed by atoms with van der Waals surface area (Å²) in [6.45, 7) is 4.64. The first-order valence-corrected chi connectivity index (χ1v) is 7.46. The van der Waals surface area contributed by atoms with Crippen LogP contribution in [0.2, 0.25) is 0 Å². The Bertz CT molecular complexity index is 763. The number of aromatic nitrogens is 2. The lowest BCUT2D eigenvalue weighted by molar-refractivity contribution is 0.232. The van der Waals surface area contributed by atoms with Crippen LogP contribution in [0.4, 0.5) is 5.69 Å². The molecule has 0 amide bonds. The Hall–Kier alpha value is -2.04. The smallest absolute Gasteiger partial charge is 0.314 e. The monoisotopic (exact) mass is 287 g/mol. The maximum atomic E-state index is 11.4. The molecule has 0 bridgehead atoms. The predicted molar refractivity (Wildman–Crippen MR) is 84.8 cm³/mol. The van der Waals surface area contributed by atoms with Crippen molar-refractivity contribution < 1.29 is 0 Å². The summed E-state index contributed by atoms with van der Waals surface area (Å²) >= 11 is 0. The van der Waals surface area contributed by atoms with Gasteiger partial charge in [0.2, 0.25) is 0 Å². The molecule has 3 N–H and O–H groups in total. The molecule has 0 radical (unpaired) electrons. The van der Waals surface area contributed by atoms with Crippen molar-refractivity contribution in [2.75, 3.05) is 5.32 Å². The Kier molecular flexibility index (Phi) is 3.35. The largest absolute Gasteiger partial charge is 0.382 e. The summed E-state index contributed by atoms with van der Waals surface area (Å²) in [5.41, 5.74) is 1.51. The maximum Gasteiger partial charge on any atom is 0.314 e. The van der Waals surface area contributed by atoms with E-state index in [1.54, 1.807) is 0 Å². The number of fused-ring (bicyclic) bond motifs is 1. The molecular formula is C16H21N3O2. The summed E-state index contributed by atoms with van der Waals surface area (Å²) in [4.78, 5) is 27.8. The van der Waals surface area contributed by atoms with Gasteiger partial charge in [0.05, 0.1) is 11.0 Å². The maximum absolute atomic E-state index is 11.4. The summed E-state index contributed by atoms with van der Waals surface area (Å²) in [6.07, 6.45) is 4.77. The zero-order valence-corrected chi connectivity index (χ0v) is 12.5. The molecule has 3 rings (SSSR count). The van der Waals surface area contributed by atoms with Gasteiger partial charge in [-0.1, -0.05) is 13.8 Å². The Morgan fingerprint density at radius 3 is 2.33 bits per heavy atom. The second-order valence-electron chi connectivity index (χ2n) is 6.75. The number of aromatic amines is 2. The molecule has 112 valence electrons. The van der Waals surface area contributed by atoms with E-state index in [0.717, 1.165) is 18.5 Å². The van der Waals surface area contributed by atoms with E-state index in [1.165, 1.54) is 12.8 Å². The van der Waals surface area contributed by atoms with E-state index in [2.05, 4.69) is 29.1 Å². The molecule has 0 aliphatic heterocycles. The topological polar surface area (TPSA) is 77.8 Å². The van der Waals surface area contributed by atoms with E-state index >= 15 is 0 Å². The summed E-state index contributed by atoms with van der Waals surface area (Å²) in [6, 6.07) is 6.12. The van der Waals surface area contributed by atoms with Crippen LogP contribution in [-0.2, 0) is 0 Å². The number of benzene rings is 1. The Labute approximate surface area is 122 Å². The Morgan fingerprint density at radius 2 is 1.67 bits per heavy atom. The minimum Gasteiger partial charge on any atom is -0.382 e. The molecule has 0 saturated heterocycles. The first kappa shape index (κ1) is 13.9. The minimum absolute atomic E-state index is 0.451. The second-order valence-corrected chi connectivity index (χ2v) is 6.75. The summed E-state index contributed by atoms with van der Waals surface area (Å²) in [5, 5.41) is 3.53. The molecule has 0 unspecified atom stereocenters. The van der Waals surface area contributed by atoms with Gasteiger partial charge >= 0.3 is 11.1 Å².